The zero-order chi connectivity index (χ0) is 17.9. The summed E-state index contributed by atoms with van der Waals surface area (Å²) in [4.78, 5) is 0. The molecule has 0 aliphatic heterocycles. The summed E-state index contributed by atoms with van der Waals surface area (Å²) in [7, 11) is 0. The Morgan fingerprint density at radius 1 is 1.16 bits per heavy atom. The highest BCUT2D eigenvalue weighted by atomic mass is 79.9. The Morgan fingerprint density at radius 2 is 1.92 bits per heavy atom. The number of benzene rings is 1. The molecule has 0 amide bonds. The van der Waals surface area contributed by atoms with Crippen molar-refractivity contribution in [1.82, 2.24) is 4.57 Å². The third-order valence-corrected chi connectivity index (χ3v) is 3.99. The molecule has 5 nitrogen and oxygen atoms in total. The third-order valence-electron chi connectivity index (χ3n) is 3.56. The lowest BCUT2D eigenvalue weighted by Crippen LogP contribution is -2.18. The van der Waals surface area contributed by atoms with Crippen molar-refractivity contribution in [2.45, 2.75) is 26.2 Å². The highest BCUT2D eigenvalue weighted by molar-refractivity contribution is 9.10. The zero-order valence-electron chi connectivity index (χ0n) is 14.4. The van der Waals surface area contributed by atoms with E-state index in [0.29, 0.717) is 45.3 Å². The topological polar surface area (TPSA) is 56.4 Å². The number of rotatable bonds is 11. The molecule has 25 heavy (non-hydrogen) atoms. The number of nitrogens with zero attached hydrogens (tertiary/aromatic N) is 2. The van der Waals surface area contributed by atoms with Gasteiger partial charge in [0.1, 0.15) is 11.8 Å². The van der Waals surface area contributed by atoms with E-state index >= 15 is 0 Å². The van der Waals surface area contributed by atoms with E-state index in [4.69, 9.17) is 19.5 Å². The van der Waals surface area contributed by atoms with Gasteiger partial charge in [0.25, 0.3) is 0 Å². The number of hydrogen-bond donors (Lipinski definition) is 0. The molecule has 134 valence electrons. The highest BCUT2D eigenvalue weighted by Crippen LogP contribution is 2.13. The summed E-state index contributed by atoms with van der Waals surface area (Å²) in [5, 5.41) is 9.01. The fourth-order valence-corrected chi connectivity index (χ4v) is 2.71. The van der Waals surface area contributed by atoms with E-state index in [1.807, 2.05) is 48.0 Å². The number of ether oxygens (including phenoxy) is 3. The molecule has 1 heterocycles. The minimum absolute atomic E-state index is 0.0376. The Balaban J connectivity index is 1.49. The van der Waals surface area contributed by atoms with Gasteiger partial charge in [0.15, 0.2) is 0 Å². The maximum absolute atomic E-state index is 9.01. The van der Waals surface area contributed by atoms with Crippen LogP contribution in [0.3, 0.4) is 0 Å². The van der Waals surface area contributed by atoms with Gasteiger partial charge in [-0.3, -0.25) is 0 Å². The van der Waals surface area contributed by atoms with Gasteiger partial charge in [-0.15, -0.1) is 0 Å². The molecule has 1 aromatic carbocycles. The number of hydrogen-bond acceptors (Lipinski definition) is 4. The number of halogens is 1. The quantitative estimate of drug-likeness (QED) is 0.533. The molecule has 0 saturated carbocycles. The van der Waals surface area contributed by atoms with Gasteiger partial charge in [0, 0.05) is 17.2 Å². The van der Waals surface area contributed by atoms with Gasteiger partial charge in [-0.05, 0) is 34.5 Å². The van der Waals surface area contributed by atoms with Crippen LogP contribution in [0.25, 0.3) is 0 Å². The van der Waals surface area contributed by atoms with Crippen LogP contribution in [0.2, 0.25) is 0 Å². The van der Waals surface area contributed by atoms with Gasteiger partial charge in [-0.25, -0.2) is 0 Å². The summed E-state index contributed by atoms with van der Waals surface area (Å²) < 4.78 is 19.6. The largest absolute Gasteiger partial charge is 0.377 e. The van der Waals surface area contributed by atoms with Gasteiger partial charge in [0.2, 0.25) is 0 Å². The molecular weight excluding hydrogens is 384 g/mol. The van der Waals surface area contributed by atoms with Crippen LogP contribution < -0.4 is 0 Å². The lowest BCUT2D eigenvalue weighted by atomic mass is 10.2. The fourth-order valence-electron chi connectivity index (χ4n) is 2.24. The molecule has 0 bridgehead atoms. The van der Waals surface area contributed by atoms with Gasteiger partial charge in [-0.1, -0.05) is 30.3 Å². The number of nitriles is 1. The first kappa shape index (κ1) is 19.7. The van der Waals surface area contributed by atoms with Crippen LogP contribution in [0, 0.1) is 11.3 Å². The minimum Gasteiger partial charge on any atom is -0.377 e. The fraction of sp³-hybridized carbons (Fsp3) is 0.421. The van der Waals surface area contributed by atoms with Crippen molar-refractivity contribution in [2.24, 2.45) is 0 Å². The van der Waals surface area contributed by atoms with E-state index in [-0.39, 0.29) is 6.10 Å². The van der Waals surface area contributed by atoms with Crippen molar-refractivity contribution in [3.63, 3.8) is 0 Å². The predicted molar refractivity (Wildman–Crippen MR) is 99.2 cm³/mol. The first-order valence-corrected chi connectivity index (χ1v) is 9.05. The molecule has 0 aliphatic carbocycles. The molecule has 0 N–H and O–H groups in total. The molecule has 1 aromatic heterocycles. The predicted octanol–water partition coefficient (Wildman–Crippen LogP) is 3.76. The van der Waals surface area contributed by atoms with Crippen molar-refractivity contribution < 1.29 is 14.2 Å². The summed E-state index contributed by atoms with van der Waals surface area (Å²) >= 11 is 3.36. The Labute approximate surface area is 157 Å². The van der Waals surface area contributed by atoms with E-state index in [9.17, 15) is 0 Å². The molecule has 0 saturated heterocycles. The normalized spacial score (nSPS) is 12.0. The van der Waals surface area contributed by atoms with Gasteiger partial charge in [-0.2, -0.15) is 5.26 Å². The first-order chi connectivity index (χ1) is 12.2. The van der Waals surface area contributed by atoms with Crippen molar-refractivity contribution in [1.29, 1.82) is 5.26 Å². The third kappa shape index (κ3) is 7.41. The van der Waals surface area contributed by atoms with Crippen molar-refractivity contribution in [3.05, 3.63) is 58.3 Å². The maximum Gasteiger partial charge on any atom is 0.121 e. The second-order valence-electron chi connectivity index (χ2n) is 5.64. The average molecular weight is 407 g/mol. The molecule has 0 radical (unpaired) electrons. The molecular formula is C19H23BrN2O3. The summed E-state index contributed by atoms with van der Waals surface area (Å²) in [6, 6.07) is 14.0. The van der Waals surface area contributed by atoms with E-state index in [1.54, 1.807) is 6.07 Å². The van der Waals surface area contributed by atoms with E-state index in [2.05, 4.69) is 22.0 Å². The summed E-state index contributed by atoms with van der Waals surface area (Å²) in [6.07, 6.45) is 1.92. The van der Waals surface area contributed by atoms with Crippen LogP contribution in [-0.4, -0.2) is 37.1 Å². The summed E-state index contributed by atoms with van der Waals surface area (Å²) in [6.45, 7) is 5.37. The first-order valence-electron chi connectivity index (χ1n) is 8.26. The molecule has 1 unspecified atom stereocenters. The molecule has 0 fully saturated rings. The van der Waals surface area contributed by atoms with Crippen LogP contribution in [0.15, 0.2) is 47.1 Å². The van der Waals surface area contributed by atoms with Crippen molar-refractivity contribution >= 4 is 15.9 Å². The lowest BCUT2D eigenvalue weighted by molar-refractivity contribution is -0.0300. The maximum atomic E-state index is 9.01. The monoisotopic (exact) mass is 406 g/mol. The van der Waals surface area contributed by atoms with Crippen LogP contribution in [0.4, 0.5) is 0 Å². The second kappa shape index (κ2) is 11.1. The average Bonchev–Trinajstić information content (AvgIpc) is 2.99. The molecule has 0 aliphatic rings. The molecule has 6 heteroatoms. The standard InChI is InChI=1S/C19H23BrN2O3/c1-16(25-15-17-5-3-2-4-6-17)14-24-10-9-23-8-7-22-13-18(20)11-19(22)12-21/h2-6,11,13,16H,7-10,14-15H2,1H3. The second-order valence-corrected chi connectivity index (χ2v) is 6.56. The molecule has 1 atom stereocenters. The molecule has 2 aromatic rings. The summed E-state index contributed by atoms with van der Waals surface area (Å²) in [5.41, 5.74) is 1.78. The number of aromatic nitrogens is 1. The lowest BCUT2D eigenvalue weighted by Gasteiger charge is -2.13. The van der Waals surface area contributed by atoms with Crippen molar-refractivity contribution in [3.8, 4) is 6.07 Å². The minimum atomic E-state index is 0.0376. The Kier molecular flexibility index (Phi) is 8.70. The van der Waals surface area contributed by atoms with E-state index < -0.39 is 0 Å². The van der Waals surface area contributed by atoms with E-state index in [0.717, 1.165) is 10.0 Å². The molecule has 0 spiro atoms. The van der Waals surface area contributed by atoms with Crippen LogP contribution >= 0.6 is 15.9 Å². The highest BCUT2D eigenvalue weighted by Gasteiger charge is 2.04. The van der Waals surface area contributed by atoms with Crippen LogP contribution in [0.5, 0.6) is 0 Å². The van der Waals surface area contributed by atoms with Crippen LogP contribution in [0.1, 0.15) is 18.2 Å². The Hall–Kier alpha value is -1.65. The smallest absolute Gasteiger partial charge is 0.121 e. The summed E-state index contributed by atoms with van der Waals surface area (Å²) in [5.74, 6) is 0. The van der Waals surface area contributed by atoms with Crippen molar-refractivity contribution in [2.75, 3.05) is 26.4 Å². The van der Waals surface area contributed by atoms with E-state index in [1.165, 1.54) is 0 Å². The zero-order valence-corrected chi connectivity index (χ0v) is 15.9. The van der Waals surface area contributed by atoms with Gasteiger partial charge >= 0.3 is 0 Å². The SMILES string of the molecule is CC(COCCOCCn1cc(Br)cc1C#N)OCc1ccccc1. The Morgan fingerprint density at radius 3 is 2.68 bits per heavy atom. The van der Waals surface area contributed by atoms with Crippen LogP contribution in [-0.2, 0) is 27.4 Å². The van der Waals surface area contributed by atoms with Gasteiger partial charge < -0.3 is 18.8 Å². The molecule has 2 rings (SSSR count). The van der Waals surface area contributed by atoms with Gasteiger partial charge in [0.05, 0.1) is 39.1 Å². The Bertz CT molecular complexity index is 667.